The molecule has 0 aliphatic carbocycles. The van der Waals surface area contributed by atoms with Crippen LogP contribution in [0.3, 0.4) is 0 Å². The Labute approximate surface area is 168 Å². The topological polar surface area (TPSA) is 115 Å². The number of nitrogens with one attached hydrogen (secondary N) is 1. The largest absolute Gasteiger partial charge is 0.497 e. The molecule has 0 spiro atoms. The molecule has 0 bridgehead atoms. The van der Waals surface area contributed by atoms with Crippen LogP contribution >= 0.6 is 0 Å². The van der Waals surface area contributed by atoms with Crippen molar-refractivity contribution >= 4 is 34.0 Å². The van der Waals surface area contributed by atoms with Crippen molar-refractivity contribution in [2.24, 2.45) is 5.84 Å². The van der Waals surface area contributed by atoms with Gasteiger partial charge in [0.05, 0.1) is 24.9 Å². The second kappa shape index (κ2) is 7.99. The zero-order valence-corrected chi connectivity index (χ0v) is 15.9. The number of ether oxygens (including phenoxy) is 1. The maximum atomic E-state index is 6.29. The number of hydrazine groups is 1. The summed E-state index contributed by atoms with van der Waals surface area (Å²) < 4.78 is 5.22. The second-order valence-electron chi connectivity index (χ2n) is 6.47. The molecule has 4 aromatic rings. The van der Waals surface area contributed by atoms with Gasteiger partial charge in [-0.2, -0.15) is 0 Å². The van der Waals surface area contributed by atoms with E-state index in [9.17, 15) is 0 Å². The van der Waals surface area contributed by atoms with Crippen LogP contribution in [0.15, 0.2) is 67.0 Å². The van der Waals surface area contributed by atoms with Gasteiger partial charge in [0.15, 0.2) is 5.82 Å². The fraction of sp³-hybridized carbons (Fsp3) is 0.0952. The lowest BCUT2D eigenvalue weighted by Gasteiger charge is -2.20. The van der Waals surface area contributed by atoms with Gasteiger partial charge in [0.25, 0.3) is 0 Å². The SMILES string of the molecule is COc1ccnc(Nc2ccc(N)c(N(N)Cc3ccc4ncccc4c3)n2)c1. The Morgan fingerprint density at radius 3 is 2.76 bits per heavy atom. The normalized spacial score (nSPS) is 10.7. The van der Waals surface area contributed by atoms with E-state index in [2.05, 4.69) is 26.3 Å². The number of pyridine rings is 3. The van der Waals surface area contributed by atoms with Gasteiger partial charge in [-0.1, -0.05) is 12.1 Å². The molecule has 0 radical (unpaired) electrons. The summed E-state index contributed by atoms with van der Waals surface area (Å²) in [7, 11) is 1.60. The fourth-order valence-electron chi connectivity index (χ4n) is 2.99. The minimum atomic E-state index is 0.447. The summed E-state index contributed by atoms with van der Waals surface area (Å²) in [6.07, 6.45) is 3.43. The molecule has 0 amide bonds. The van der Waals surface area contributed by atoms with E-state index < -0.39 is 0 Å². The third-order valence-electron chi connectivity index (χ3n) is 4.42. The monoisotopic (exact) mass is 387 g/mol. The van der Waals surface area contributed by atoms with Crippen molar-refractivity contribution in [2.75, 3.05) is 23.2 Å². The van der Waals surface area contributed by atoms with Gasteiger partial charge in [-0.05, 0) is 42.0 Å². The summed E-state index contributed by atoms with van der Waals surface area (Å²) in [5.74, 6) is 8.65. The van der Waals surface area contributed by atoms with Gasteiger partial charge in [0.2, 0.25) is 0 Å². The number of hydrogen-bond acceptors (Lipinski definition) is 8. The van der Waals surface area contributed by atoms with Crippen molar-refractivity contribution in [1.29, 1.82) is 0 Å². The lowest BCUT2D eigenvalue weighted by Crippen LogP contribution is -2.31. The van der Waals surface area contributed by atoms with Crippen LogP contribution in [0.25, 0.3) is 10.9 Å². The molecule has 0 aliphatic rings. The molecular weight excluding hydrogens is 366 g/mol. The van der Waals surface area contributed by atoms with Crippen molar-refractivity contribution in [2.45, 2.75) is 6.54 Å². The third kappa shape index (κ3) is 4.17. The van der Waals surface area contributed by atoms with Gasteiger partial charge < -0.3 is 15.8 Å². The van der Waals surface area contributed by atoms with E-state index in [0.29, 0.717) is 35.4 Å². The van der Waals surface area contributed by atoms with Gasteiger partial charge in [-0.25, -0.2) is 15.8 Å². The van der Waals surface area contributed by atoms with Gasteiger partial charge in [-0.3, -0.25) is 9.99 Å². The van der Waals surface area contributed by atoms with E-state index in [0.717, 1.165) is 16.5 Å². The first-order chi connectivity index (χ1) is 14.1. The molecule has 0 saturated carbocycles. The molecule has 0 atom stereocenters. The second-order valence-corrected chi connectivity index (χ2v) is 6.47. The number of nitrogens with zero attached hydrogens (tertiary/aromatic N) is 4. The van der Waals surface area contributed by atoms with Gasteiger partial charge in [0.1, 0.15) is 17.4 Å². The summed E-state index contributed by atoms with van der Waals surface area (Å²) in [4.78, 5) is 13.2. The van der Waals surface area contributed by atoms with Crippen LogP contribution in [-0.4, -0.2) is 22.1 Å². The smallest absolute Gasteiger partial charge is 0.168 e. The molecule has 0 unspecified atom stereocenters. The average molecular weight is 387 g/mol. The van der Waals surface area contributed by atoms with E-state index >= 15 is 0 Å². The first kappa shape index (κ1) is 18.5. The molecule has 4 rings (SSSR count). The molecule has 0 aliphatic heterocycles. The van der Waals surface area contributed by atoms with Gasteiger partial charge in [-0.15, -0.1) is 0 Å². The van der Waals surface area contributed by atoms with Crippen LogP contribution < -0.4 is 26.6 Å². The highest BCUT2D eigenvalue weighted by Crippen LogP contribution is 2.25. The number of rotatable bonds is 6. The summed E-state index contributed by atoms with van der Waals surface area (Å²) in [5, 5.41) is 5.72. The van der Waals surface area contributed by atoms with E-state index in [1.165, 1.54) is 5.01 Å². The third-order valence-corrected chi connectivity index (χ3v) is 4.42. The Morgan fingerprint density at radius 1 is 1.00 bits per heavy atom. The molecule has 29 heavy (non-hydrogen) atoms. The number of nitrogens with two attached hydrogens (primary N) is 2. The van der Waals surface area contributed by atoms with Gasteiger partial charge >= 0.3 is 0 Å². The summed E-state index contributed by atoms with van der Waals surface area (Å²) in [6.45, 7) is 0.447. The van der Waals surface area contributed by atoms with E-state index in [1.54, 1.807) is 43.8 Å². The number of nitrogen functional groups attached to an aromatic ring is 1. The van der Waals surface area contributed by atoms with Crippen molar-refractivity contribution in [3.8, 4) is 5.75 Å². The van der Waals surface area contributed by atoms with E-state index in [1.807, 2.05) is 24.3 Å². The molecule has 146 valence electrons. The molecule has 1 aromatic carbocycles. The molecule has 0 saturated heterocycles. The summed E-state index contributed by atoms with van der Waals surface area (Å²) in [5.41, 5.74) is 8.57. The number of anilines is 4. The van der Waals surface area contributed by atoms with Crippen molar-refractivity contribution in [3.63, 3.8) is 0 Å². The van der Waals surface area contributed by atoms with Crippen LogP contribution in [-0.2, 0) is 6.54 Å². The summed E-state index contributed by atoms with van der Waals surface area (Å²) in [6, 6.07) is 17.0. The predicted octanol–water partition coefficient (Wildman–Crippen LogP) is 3.24. The van der Waals surface area contributed by atoms with E-state index in [-0.39, 0.29) is 0 Å². The highest BCUT2D eigenvalue weighted by molar-refractivity contribution is 5.79. The Hall–Kier alpha value is -3.91. The van der Waals surface area contributed by atoms with Crippen LogP contribution in [0.5, 0.6) is 5.75 Å². The number of hydrogen-bond donors (Lipinski definition) is 3. The molecule has 3 aromatic heterocycles. The maximum Gasteiger partial charge on any atom is 0.168 e. The summed E-state index contributed by atoms with van der Waals surface area (Å²) >= 11 is 0. The molecule has 3 heterocycles. The van der Waals surface area contributed by atoms with Crippen LogP contribution in [0, 0.1) is 0 Å². The minimum Gasteiger partial charge on any atom is -0.497 e. The van der Waals surface area contributed by atoms with Crippen molar-refractivity contribution in [1.82, 2.24) is 15.0 Å². The lowest BCUT2D eigenvalue weighted by molar-refractivity contribution is 0.414. The number of methoxy groups -OCH3 is 1. The average Bonchev–Trinajstić information content (AvgIpc) is 2.75. The standard InChI is InChI=1S/C21H21N7O/c1-29-16-8-10-25-20(12-16)26-19-7-5-17(22)21(27-19)28(23)13-14-4-6-18-15(11-14)3-2-9-24-18/h2-12H,13,22-23H2,1H3,(H,25,26,27). The first-order valence-corrected chi connectivity index (χ1v) is 9.02. The van der Waals surface area contributed by atoms with Crippen LogP contribution in [0.4, 0.5) is 23.1 Å². The van der Waals surface area contributed by atoms with Crippen molar-refractivity contribution in [3.05, 3.63) is 72.6 Å². The fourth-order valence-corrected chi connectivity index (χ4v) is 2.99. The first-order valence-electron chi connectivity index (χ1n) is 9.02. The Balaban J connectivity index is 1.55. The Morgan fingerprint density at radius 2 is 1.90 bits per heavy atom. The highest BCUT2D eigenvalue weighted by Gasteiger charge is 2.11. The number of aromatic nitrogens is 3. The quantitative estimate of drug-likeness (QED) is 0.341. The minimum absolute atomic E-state index is 0.447. The Kier molecular flexibility index (Phi) is 5.08. The highest BCUT2D eigenvalue weighted by atomic mass is 16.5. The number of fused-ring (bicyclic) bond motifs is 1. The zero-order chi connectivity index (χ0) is 20.2. The predicted molar refractivity (Wildman–Crippen MR) is 115 cm³/mol. The van der Waals surface area contributed by atoms with Crippen molar-refractivity contribution < 1.29 is 4.74 Å². The van der Waals surface area contributed by atoms with E-state index in [4.69, 9.17) is 16.3 Å². The molecule has 0 fully saturated rings. The molecule has 8 nitrogen and oxygen atoms in total. The van der Waals surface area contributed by atoms with Crippen LogP contribution in [0.2, 0.25) is 0 Å². The number of benzene rings is 1. The van der Waals surface area contributed by atoms with Gasteiger partial charge in [0, 0.05) is 23.8 Å². The molecule has 8 heteroatoms. The van der Waals surface area contributed by atoms with Crippen LogP contribution in [0.1, 0.15) is 5.56 Å². The molecular formula is C21H21N7O. The Bertz CT molecular complexity index is 1150. The zero-order valence-electron chi connectivity index (χ0n) is 15.9. The lowest BCUT2D eigenvalue weighted by atomic mass is 10.1. The molecule has 5 N–H and O–H groups in total. The maximum absolute atomic E-state index is 6.29.